The average molecular weight is 266 g/mol. The minimum atomic E-state index is -0.123. The molecule has 5 nitrogen and oxygen atoms in total. The lowest BCUT2D eigenvalue weighted by molar-refractivity contribution is 0.180. The molecule has 2 fully saturated rings. The minimum Gasteiger partial charge on any atom is -0.333 e. The number of piperidine rings is 1. The molecule has 2 atom stereocenters. The molecular weight excluding hydrogens is 248 g/mol. The number of urea groups is 1. The molecule has 2 aliphatic heterocycles. The fourth-order valence-corrected chi connectivity index (χ4v) is 3.53. The Hall–Kier alpha value is -1.14. The Morgan fingerprint density at radius 2 is 2.33 bits per heavy atom. The number of aromatic nitrogens is 1. The number of hydrogen-bond acceptors (Lipinski definition) is 4. The molecule has 3 heterocycles. The molecule has 2 saturated heterocycles. The maximum Gasteiger partial charge on any atom is 0.321 e. The summed E-state index contributed by atoms with van der Waals surface area (Å²) in [5.74, 6) is 0. The second-order valence-corrected chi connectivity index (χ2v) is 5.82. The lowest BCUT2D eigenvalue weighted by Gasteiger charge is -2.32. The monoisotopic (exact) mass is 266 g/mol. The summed E-state index contributed by atoms with van der Waals surface area (Å²) in [6.45, 7) is 2.31. The van der Waals surface area contributed by atoms with Crippen LogP contribution >= 0.6 is 11.3 Å². The lowest BCUT2D eigenvalue weighted by Crippen LogP contribution is -2.47. The second kappa shape index (κ2) is 5.24. The number of fused-ring (bicyclic) bond motifs is 1. The van der Waals surface area contributed by atoms with E-state index in [1.807, 2.05) is 5.38 Å². The van der Waals surface area contributed by atoms with Crippen molar-refractivity contribution in [3.05, 3.63) is 11.6 Å². The standard InChI is InChI=1S/C12H18N4OS/c17-11(15-12-13-5-8-18-12)14-9-4-7-16-6-2-1-3-10(9)16/h5,8-10H,1-4,6-7H2,(H2,13,14,15,17)/t9-,10+/m0/s1. The predicted octanol–water partition coefficient (Wildman–Crippen LogP) is 1.89. The summed E-state index contributed by atoms with van der Waals surface area (Å²) in [5, 5.41) is 8.39. The van der Waals surface area contributed by atoms with Crippen molar-refractivity contribution in [1.82, 2.24) is 15.2 Å². The molecule has 6 heteroatoms. The zero-order valence-electron chi connectivity index (χ0n) is 10.3. The van der Waals surface area contributed by atoms with Gasteiger partial charge in [-0.3, -0.25) is 10.2 Å². The molecule has 3 rings (SSSR count). The Bertz CT molecular complexity index is 408. The van der Waals surface area contributed by atoms with E-state index in [0.717, 1.165) is 13.0 Å². The van der Waals surface area contributed by atoms with Crippen molar-refractivity contribution in [2.45, 2.75) is 37.8 Å². The molecule has 98 valence electrons. The van der Waals surface area contributed by atoms with Crippen LogP contribution in [0.15, 0.2) is 11.6 Å². The first-order valence-corrected chi connectivity index (χ1v) is 7.42. The number of nitrogens with zero attached hydrogens (tertiary/aromatic N) is 2. The molecule has 1 aromatic heterocycles. The topological polar surface area (TPSA) is 57.3 Å². The van der Waals surface area contributed by atoms with Gasteiger partial charge in [-0.2, -0.15) is 0 Å². The van der Waals surface area contributed by atoms with Crippen molar-refractivity contribution in [2.24, 2.45) is 0 Å². The van der Waals surface area contributed by atoms with Gasteiger partial charge in [0.1, 0.15) is 0 Å². The van der Waals surface area contributed by atoms with Gasteiger partial charge in [0.05, 0.1) is 0 Å². The summed E-state index contributed by atoms with van der Waals surface area (Å²) < 4.78 is 0. The molecular formula is C12H18N4OS. The second-order valence-electron chi connectivity index (χ2n) is 4.93. The van der Waals surface area contributed by atoms with E-state index in [-0.39, 0.29) is 6.03 Å². The number of anilines is 1. The van der Waals surface area contributed by atoms with Crippen LogP contribution in [0, 0.1) is 0 Å². The Labute approximate surface area is 111 Å². The normalized spacial score (nSPS) is 27.8. The van der Waals surface area contributed by atoms with Crippen LogP contribution in [0.4, 0.5) is 9.93 Å². The number of hydrogen-bond donors (Lipinski definition) is 2. The van der Waals surface area contributed by atoms with Crippen molar-refractivity contribution in [3.63, 3.8) is 0 Å². The van der Waals surface area contributed by atoms with Crippen molar-refractivity contribution < 1.29 is 4.79 Å². The fraction of sp³-hybridized carbons (Fsp3) is 0.667. The van der Waals surface area contributed by atoms with E-state index in [0.29, 0.717) is 17.2 Å². The number of rotatable bonds is 2. The highest BCUT2D eigenvalue weighted by Crippen LogP contribution is 2.27. The van der Waals surface area contributed by atoms with Crippen LogP contribution in [0.5, 0.6) is 0 Å². The number of carbonyl (C=O) groups excluding carboxylic acids is 1. The third kappa shape index (κ3) is 2.49. The minimum absolute atomic E-state index is 0.123. The van der Waals surface area contributed by atoms with Gasteiger partial charge in [-0.1, -0.05) is 6.42 Å². The highest BCUT2D eigenvalue weighted by atomic mass is 32.1. The van der Waals surface area contributed by atoms with Crippen LogP contribution in [0.3, 0.4) is 0 Å². The number of nitrogens with one attached hydrogen (secondary N) is 2. The van der Waals surface area contributed by atoms with Crippen LogP contribution < -0.4 is 10.6 Å². The molecule has 0 aliphatic carbocycles. The smallest absolute Gasteiger partial charge is 0.321 e. The summed E-state index contributed by atoms with van der Waals surface area (Å²) >= 11 is 1.44. The summed E-state index contributed by atoms with van der Waals surface area (Å²) in [7, 11) is 0. The molecule has 0 radical (unpaired) electrons. The van der Waals surface area contributed by atoms with Gasteiger partial charge in [-0.05, 0) is 25.8 Å². The molecule has 2 aliphatic rings. The van der Waals surface area contributed by atoms with Crippen molar-refractivity contribution in [3.8, 4) is 0 Å². The third-order valence-corrected chi connectivity index (χ3v) is 4.51. The van der Waals surface area contributed by atoms with Gasteiger partial charge in [0.25, 0.3) is 0 Å². The van der Waals surface area contributed by atoms with Gasteiger partial charge >= 0.3 is 6.03 Å². The first kappa shape index (κ1) is 11.9. The summed E-state index contributed by atoms with van der Waals surface area (Å²) in [6.07, 6.45) is 6.55. The zero-order valence-corrected chi connectivity index (χ0v) is 11.1. The number of amides is 2. The van der Waals surface area contributed by atoms with E-state index >= 15 is 0 Å². The maximum absolute atomic E-state index is 11.9. The summed E-state index contributed by atoms with van der Waals surface area (Å²) in [4.78, 5) is 18.4. The first-order valence-electron chi connectivity index (χ1n) is 6.54. The Morgan fingerprint density at radius 3 is 3.17 bits per heavy atom. The van der Waals surface area contributed by atoms with E-state index in [4.69, 9.17) is 0 Å². The van der Waals surface area contributed by atoms with Crippen LogP contribution in [0.25, 0.3) is 0 Å². The van der Waals surface area contributed by atoms with E-state index in [9.17, 15) is 4.79 Å². The molecule has 2 amide bonds. The van der Waals surface area contributed by atoms with Crippen LogP contribution in [0.2, 0.25) is 0 Å². The number of thiazole rings is 1. The Morgan fingerprint density at radius 1 is 1.39 bits per heavy atom. The van der Waals surface area contributed by atoms with Crippen LogP contribution in [0.1, 0.15) is 25.7 Å². The fourth-order valence-electron chi connectivity index (χ4n) is 3.00. The van der Waals surface area contributed by atoms with E-state index in [1.54, 1.807) is 6.20 Å². The maximum atomic E-state index is 11.9. The summed E-state index contributed by atoms with van der Waals surface area (Å²) in [5.41, 5.74) is 0. The van der Waals surface area contributed by atoms with E-state index in [1.165, 1.54) is 37.1 Å². The van der Waals surface area contributed by atoms with Gasteiger partial charge in [0.15, 0.2) is 5.13 Å². The number of carbonyl (C=O) groups is 1. The van der Waals surface area contributed by atoms with Gasteiger partial charge in [-0.25, -0.2) is 9.78 Å². The van der Waals surface area contributed by atoms with Gasteiger partial charge in [-0.15, -0.1) is 11.3 Å². The molecule has 0 unspecified atom stereocenters. The highest BCUT2D eigenvalue weighted by molar-refractivity contribution is 7.13. The van der Waals surface area contributed by atoms with Crippen LogP contribution in [-0.4, -0.2) is 41.1 Å². The highest BCUT2D eigenvalue weighted by Gasteiger charge is 2.36. The average Bonchev–Trinajstić information content (AvgIpc) is 3.00. The van der Waals surface area contributed by atoms with E-state index in [2.05, 4.69) is 20.5 Å². The van der Waals surface area contributed by atoms with Crippen molar-refractivity contribution in [1.29, 1.82) is 0 Å². The first-order chi connectivity index (χ1) is 8.83. The van der Waals surface area contributed by atoms with Crippen molar-refractivity contribution >= 4 is 22.5 Å². The summed E-state index contributed by atoms with van der Waals surface area (Å²) in [6, 6.07) is 0.716. The van der Waals surface area contributed by atoms with Gasteiger partial charge in [0, 0.05) is 30.2 Å². The third-order valence-electron chi connectivity index (χ3n) is 3.83. The van der Waals surface area contributed by atoms with Gasteiger partial charge < -0.3 is 5.32 Å². The largest absolute Gasteiger partial charge is 0.333 e. The SMILES string of the molecule is O=C(Nc1nccs1)N[C@H]1CCN2CCCC[C@H]12. The Kier molecular flexibility index (Phi) is 3.47. The molecule has 2 N–H and O–H groups in total. The van der Waals surface area contributed by atoms with Crippen molar-refractivity contribution in [2.75, 3.05) is 18.4 Å². The lowest BCUT2D eigenvalue weighted by atomic mass is 9.99. The molecule has 0 bridgehead atoms. The molecule has 0 spiro atoms. The molecule has 1 aromatic rings. The predicted molar refractivity (Wildman–Crippen MR) is 71.9 cm³/mol. The van der Waals surface area contributed by atoms with Crippen LogP contribution in [-0.2, 0) is 0 Å². The van der Waals surface area contributed by atoms with E-state index < -0.39 is 0 Å². The van der Waals surface area contributed by atoms with Gasteiger partial charge in [0.2, 0.25) is 0 Å². The zero-order chi connectivity index (χ0) is 12.4. The molecule has 0 aromatic carbocycles. The Balaban J connectivity index is 1.54. The molecule has 0 saturated carbocycles. The molecule has 18 heavy (non-hydrogen) atoms. The quantitative estimate of drug-likeness (QED) is 0.859.